The molecule has 8 nitrogen and oxygen atoms in total. The summed E-state index contributed by atoms with van der Waals surface area (Å²) in [6.07, 6.45) is -3.84. The first-order chi connectivity index (χ1) is 13.3. The van der Waals surface area contributed by atoms with Crippen LogP contribution in [-0.2, 0) is 6.18 Å². The highest BCUT2D eigenvalue weighted by Gasteiger charge is 2.37. The Bertz CT molecular complexity index is 1050. The zero-order chi connectivity index (χ0) is 19.9. The van der Waals surface area contributed by atoms with E-state index < -0.39 is 29.6 Å². The predicted molar refractivity (Wildman–Crippen MR) is 89.9 cm³/mol. The van der Waals surface area contributed by atoms with Gasteiger partial charge in [0.1, 0.15) is 18.0 Å². The van der Waals surface area contributed by atoms with Gasteiger partial charge in [0, 0.05) is 13.1 Å². The van der Waals surface area contributed by atoms with E-state index in [0.717, 1.165) is 10.6 Å². The van der Waals surface area contributed by atoms with Crippen LogP contribution in [0.3, 0.4) is 0 Å². The minimum Gasteiger partial charge on any atom is -0.472 e. The number of alkyl halides is 3. The number of likely N-dealkylation sites (N-methyl/N-ethyl adjacent to an activating group) is 1. The topological polar surface area (TPSA) is 79.9 Å². The average Bonchev–Trinajstić information content (AvgIpc) is 3.24. The van der Waals surface area contributed by atoms with Crippen molar-refractivity contribution in [3.05, 3.63) is 41.7 Å². The molecule has 1 atom stereocenters. The Labute approximate surface area is 155 Å². The number of benzene rings is 1. The molecular formula is C16H13F4N7O. The van der Waals surface area contributed by atoms with Gasteiger partial charge < -0.3 is 10.2 Å². The lowest BCUT2D eigenvalue weighted by Gasteiger charge is -2.19. The fourth-order valence-corrected chi connectivity index (χ4v) is 2.64. The van der Waals surface area contributed by atoms with Gasteiger partial charge in [0.05, 0.1) is 11.9 Å². The Hall–Kier alpha value is -3.28. The van der Waals surface area contributed by atoms with Crippen molar-refractivity contribution in [2.75, 3.05) is 13.7 Å². The highest BCUT2D eigenvalue weighted by atomic mass is 19.4. The van der Waals surface area contributed by atoms with Crippen molar-refractivity contribution in [1.82, 2.24) is 30.2 Å². The molecule has 1 aromatic carbocycles. The second-order valence-corrected chi connectivity index (χ2v) is 5.94. The normalized spacial score (nSPS) is 17.2. The number of fused-ring (bicyclic) bond motifs is 1. The summed E-state index contributed by atoms with van der Waals surface area (Å²) in [4.78, 5) is 4.03. The molecule has 0 bridgehead atoms. The van der Waals surface area contributed by atoms with Crippen LogP contribution >= 0.6 is 0 Å². The number of rotatable bonds is 4. The third kappa shape index (κ3) is 3.22. The average molecular weight is 395 g/mol. The van der Waals surface area contributed by atoms with Gasteiger partial charge in [-0.2, -0.15) is 22.7 Å². The second kappa shape index (κ2) is 6.71. The summed E-state index contributed by atoms with van der Waals surface area (Å²) in [5, 5.41) is 12.9. The number of hydrogen-bond acceptors (Lipinski definition) is 7. The molecule has 12 heteroatoms. The van der Waals surface area contributed by atoms with E-state index in [2.05, 4.69) is 25.7 Å². The Balaban J connectivity index is 1.78. The van der Waals surface area contributed by atoms with Crippen LogP contribution < -0.4 is 10.2 Å². The van der Waals surface area contributed by atoms with Crippen LogP contribution in [0.1, 0.15) is 5.56 Å². The molecule has 1 aliphatic heterocycles. The fourth-order valence-electron chi connectivity index (χ4n) is 2.64. The molecule has 0 aliphatic carbocycles. The SMILES string of the molecule is CN1NC=NC1COc1nn2c(-c3ccccc3F)nnc2cc1C(F)(F)F. The largest absolute Gasteiger partial charge is 0.472 e. The first-order valence-corrected chi connectivity index (χ1v) is 8.06. The van der Waals surface area contributed by atoms with Gasteiger partial charge in [-0.1, -0.05) is 12.1 Å². The predicted octanol–water partition coefficient (Wildman–Crippen LogP) is 2.13. The molecule has 0 spiro atoms. The molecule has 0 saturated carbocycles. The van der Waals surface area contributed by atoms with Crippen LogP contribution in [-0.4, -0.2) is 51.0 Å². The second-order valence-electron chi connectivity index (χ2n) is 5.94. The Morgan fingerprint density at radius 2 is 2.00 bits per heavy atom. The molecule has 28 heavy (non-hydrogen) atoms. The van der Waals surface area contributed by atoms with Crippen LogP contribution in [0.2, 0.25) is 0 Å². The Kier molecular flexibility index (Phi) is 4.34. The van der Waals surface area contributed by atoms with E-state index >= 15 is 0 Å². The van der Waals surface area contributed by atoms with E-state index in [4.69, 9.17) is 4.74 Å². The number of halogens is 4. The van der Waals surface area contributed by atoms with E-state index in [9.17, 15) is 17.6 Å². The highest BCUT2D eigenvalue weighted by molar-refractivity contribution is 5.60. The van der Waals surface area contributed by atoms with Crippen molar-refractivity contribution in [1.29, 1.82) is 0 Å². The van der Waals surface area contributed by atoms with Crippen LogP contribution in [0.25, 0.3) is 17.0 Å². The number of hydrogen-bond donors (Lipinski definition) is 1. The zero-order valence-corrected chi connectivity index (χ0v) is 14.4. The van der Waals surface area contributed by atoms with Gasteiger partial charge in [-0.05, 0) is 12.1 Å². The maximum atomic E-state index is 14.1. The summed E-state index contributed by atoms with van der Waals surface area (Å²) in [5.74, 6) is -1.31. The minimum absolute atomic E-state index is 0.0376. The molecule has 1 unspecified atom stereocenters. The van der Waals surface area contributed by atoms with E-state index in [0.29, 0.717) is 0 Å². The van der Waals surface area contributed by atoms with Crippen LogP contribution in [0.15, 0.2) is 35.3 Å². The van der Waals surface area contributed by atoms with Crippen molar-refractivity contribution >= 4 is 12.0 Å². The number of nitrogens with zero attached hydrogens (tertiary/aromatic N) is 6. The van der Waals surface area contributed by atoms with Crippen molar-refractivity contribution in [3.63, 3.8) is 0 Å². The quantitative estimate of drug-likeness (QED) is 0.682. The first-order valence-electron chi connectivity index (χ1n) is 8.06. The van der Waals surface area contributed by atoms with E-state index in [1.54, 1.807) is 18.1 Å². The summed E-state index contributed by atoms with van der Waals surface area (Å²) in [7, 11) is 1.67. The van der Waals surface area contributed by atoms with Crippen LogP contribution in [0.5, 0.6) is 5.88 Å². The summed E-state index contributed by atoms with van der Waals surface area (Å²) in [5.41, 5.74) is 1.53. The lowest BCUT2D eigenvalue weighted by Crippen LogP contribution is -2.38. The maximum Gasteiger partial charge on any atom is 0.421 e. The molecule has 2 aromatic heterocycles. The minimum atomic E-state index is -4.72. The summed E-state index contributed by atoms with van der Waals surface area (Å²) >= 11 is 0. The molecule has 0 fully saturated rings. The summed E-state index contributed by atoms with van der Waals surface area (Å²) in [6, 6.07) is 6.46. The molecule has 0 saturated heterocycles. The molecular weight excluding hydrogens is 382 g/mol. The lowest BCUT2D eigenvalue weighted by molar-refractivity contribution is -0.139. The number of hydrazine groups is 1. The van der Waals surface area contributed by atoms with Gasteiger partial charge in [0.2, 0.25) is 5.88 Å². The fraction of sp³-hybridized carbons (Fsp3) is 0.250. The Morgan fingerprint density at radius 3 is 2.68 bits per heavy atom. The molecule has 3 aromatic rings. The van der Waals surface area contributed by atoms with Crippen LogP contribution in [0, 0.1) is 5.82 Å². The zero-order valence-electron chi connectivity index (χ0n) is 14.4. The molecule has 1 aliphatic rings. The highest BCUT2D eigenvalue weighted by Crippen LogP contribution is 2.36. The van der Waals surface area contributed by atoms with E-state index in [1.165, 1.54) is 24.5 Å². The summed E-state index contributed by atoms with van der Waals surface area (Å²) in [6.45, 7) is -0.182. The maximum absolute atomic E-state index is 14.1. The number of aromatic nitrogens is 4. The molecule has 1 N–H and O–H groups in total. The van der Waals surface area contributed by atoms with Crippen molar-refractivity contribution < 1.29 is 22.3 Å². The van der Waals surface area contributed by atoms with Gasteiger partial charge >= 0.3 is 6.18 Å². The third-order valence-corrected chi connectivity index (χ3v) is 4.10. The number of nitrogens with one attached hydrogen (secondary N) is 1. The molecule has 146 valence electrons. The summed E-state index contributed by atoms with van der Waals surface area (Å²) < 4.78 is 60.8. The number of ether oxygens (including phenoxy) is 1. The van der Waals surface area contributed by atoms with Gasteiger partial charge in [-0.3, -0.25) is 4.99 Å². The van der Waals surface area contributed by atoms with Crippen LogP contribution in [0.4, 0.5) is 17.6 Å². The smallest absolute Gasteiger partial charge is 0.421 e. The number of aliphatic imine (C=N–C) groups is 1. The first kappa shape index (κ1) is 18.1. The molecule has 3 heterocycles. The van der Waals surface area contributed by atoms with Gasteiger partial charge in [-0.25, -0.2) is 4.39 Å². The van der Waals surface area contributed by atoms with Crippen molar-refractivity contribution in [3.8, 4) is 17.3 Å². The van der Waals surface area contributed by atoms with Crippen molar-refractivity contribution in [2.45, 2.75) is 12.3 Å². The van der Waals surface area contributed by atoms with Crippen molar-refractivity contribution in [2.24, 2.45) is 4.99 Å². The van der Waals surface area contributed by atoms with Gasteiger partial charge in [0.15, 0.2) is 17.6 Å². The van der Waals surface area contributed by atoms with E-state index in [1.807, 2.05) is 0 Å². The molecule has 0 radical (unpaired) electrons. The Morgan fingerprint density at radius 1 is 1.21 bits per heavy atom. The molecule has 0 amide bonds. The third-order valence-electron chi connectivity index (χ3n) is 4.10. The van der Waals surface area contributed by atoms with E-state index in [-0.39, 0.29) is 23.6 Å². The monoisotopic (exact) mass is 395 g/mol. The van der Waals surface area contributed by atoms with Gasteiger partial charge in [0.25, 0.3) is 0 Å². The standard InChI is InChI=1S/C16H13F4N7O/c1-26-13(21-8-22-26)7-28-15-10(16(18,19)20)6-12-23-24-14(27(12)25-15)9-4-2-3-5-11(9)17/h2-6,8,13H,7H2,1H3,(H,21,22). The molecule has 4 rings (SSSR count). The van der Waals surface area contributed by atoms with Gasteiger partial charge in [-0.15, -0.1) is 15.3 Å². The lowest BCUT2D eigenvalue weighted by atomic mass is 10.2.